The molecular weight excluding hydrogens is 278 g/mol. The number of rotatable bonds is 8. The summed E-state index contributed by atoms with van der Waals surface area (Å²) in [5, 5.41) is 8.51. The lowest BCUT2D eigenvalue weighted by Crippen LogP contribution is -2.34. The maximum Gasteiger partial charge on any atom is 0.303 e. The third kappa shape index (κ3) is 5.52. The molecule has 1 N–H and O–H groups in total. The van der Waals surface area contributed by atoms with Gasteiger partial charge in [0.25, 0.3) is 0 Å². The highest BCUT2D eigenvalue weighted by atomic mass is 32.2. The van der Waals surface area contributed by atoms with Crippen molar-refractivity contribution >= 4 is 28.4 Å². The highest BCUT2D eigenvalue weighted by Crippen LogP contribution is 2.13. The molecule has 1 unspecified atom stereocenters. The second kappa shape index (κ2) is 8.47. The molecule has 20 heavy (non-hydrogen) atoms. The SMILES string of the molecule is CCN(C(=O)CS(=O)CCCC(=O)O)c1ccccc1. The maximum atomic E-state index is 12.1. The molecule has 0 saturated heterocycles. The highest BCUT2D eigenvalue weighted by Gasteiger charge is 2.16. The fraction of sp³-hybridized carbons (Fsp3) is 0.429. The van der Waals surface area contributed by atoms with Crippen molar-refractivity contribution in [3.8, 4) is 0 Å². The van der Waals surface area contributed by atoms with E-state index in [-0.39, 0.29) is 23.8 Å². The monoisotopic (exact) mass is 297 g/mol. The van der Waals surface area contributed by atoms with Gasteiger partial charge in [-0.05, 0) is 25.5 Å². The summed E-state index contributed by atoms with van der Waals surface area (Å²) in [5.41, 5.74) is 0.780. The van der Waals surface area contributed by atoms with E-state index in [1.807, 2.05) is 37.3 Å². The van der Waals surface area contributed by atoms with E-state index in [2.05, 4.69) is 0 Å². The molecule has 1 aromatic rings. The van der Waals surface area contributed by atoms with Gasteiger partial charge >= 0.3 is 5.97 Å². The number of hydrogen-bond acceptors (Lipinski definition) is 3. The Balaban J connectivity index is 2.51. The molecule has 0 radical (unpaired) electrons. The van der Waals surface area contributed by atoms with Crippen molar-refractivity contribution in [2.75, 3.05) is 23.0 Å². The molecule has 110 valence electrons. The molecule has 0 aromatic heterocycles. The molecule has 1 aromatic carbocycles. The number of hydrogen-bond donors (Lipinski definition) is 1. The predicted octanol–water partition coefficient (Wildman–Crippen LogP) is 1.65. The van der Waals surface area contributed by atoms with Gasteiger partial charge in [0.2, 0.25) is 5.91 Å². The molecule has 0 heterocycles. The quantitative estimate of drug-likeness (QED) is 0.791. The van der Waals surface area contributed by atoms with E-state index in [9.17, 15) is 13.8 Å². The summed E-state index contributed by atoms with van der Waals surface area (Å²) in [5.74, 6) is -0.938. The number of carbonyl (C=O) groups is 2. The van der Waals surface area contributed by atoms with Gasteiger partial charge < -0.3 is 10.0 Å². The molecule has 0 saturated carbocycles. The van der Waals surface area contributed by atoms with E-state index in [0.717, 1.165) is 5.69 Å². The van der Waals surface area contributed by atoms with Gasteiger partial charge in [0.05, 0.1) is 0 Å². The van der Waals surface area contributed by atoms with E-state index in [1.54, 1.807) is 4.90 Å². The summed E-state index contributed by atoms with van der Waals surface area (Å²) in [6, 6.07) is 9.21. The first-order valence-electron chi connectivity index (χ1n) is 6.46. The largest absolute Gasteiger partial charge is 0.481 e. The van der Waals surface area contributed by atoms with Crippen LogP contribution in [0.3, 0.4) is 0 Å². The average molecular weight is 297 g/mol. The van der Waals surface area contributed by atoms with E-state index in [0.29, 0.717) is 13.0 Å². The number of nitrogens with zero attached hydrogens (tertiary/aromatic N) is 1. The summed E-state index contributed by atoms with van der Waals surface area (Å²) in [7, 11) is -1.32. The Kier molecular flexibility index (Phi) is 6.93. The Morgan fingerprint density at radius 2 is 1.90 bits per heavy atom. The molecule has 0 aliphatic rings. The number of carbonyl (C=O) groups excluding carboxylic acids is 1. The van der Waals surface area contributed by atoms with Crippen molar-refractivity contribution in [2.24, 2.45) is 0 Å². The van der Waals surface area contributed by atoms with Crippen molar-refractivity contribution in [2.45, 2.75) is 19.8 Å². The molecule has 0 bridgehead atoms. The van der Waals surface area contributed by atoms with Crippen LogP contribution >= 0.6 is 0 Å². The summed E-state index contributed by atoms with van der Waals surface area (Å²) < 4.78 is 11.8. The van der Waals surface area contributed by atoms with Gasteiger partial charge in [-0.1, -0.05) is 18.2 Å². The summed E-state index contributed by atoms with van der Waals surface area (Å²) in [6.45, 7) is 2.37. The molecule has 0 aliphatic heterocycles. The first kappa shape index (κ1) is 16.4. The zero-order chi connectivity index (χ0) is 15.0. The number of aliphatic carboxylic acids is 1. The molecule has 0 aliphatic carbocycles. The number of carboxylic acids is 1. The van der Waals surface area contributed by atoms with E-state index < -0.39 is 16.8 Å². The van der Waals surface area contributed by atoms with E-state index in [1.165, 1.54) is 0 Å². The van der Waals surface area contributed by atoms with Crippen LogP contribution in [0.2, 0.25) is 0 Å². The minimum absolute atomic E-state index is 0.0178. The minimum atomic E-state index is -1.32. The van der Waals surface area contributed by atoms with Gasteiger partial charge in [0.15, 0.2) is 0 Å². The summed E-state index contributed by atoms with van der Waals surface area (Å²) in [6.07, 6.45) is 0.308. The Labute approximate surface area is 121 Å². The average Bonchev–Trinajstić information content (AvgIpc) is 2.40. The lowest BCUT2D eigenvalue weighted by molar-refractivity contribution is -0.137. The summed E-state index contributed by atoms with van der Waals surface area (Å²) >= 11 is 0. The van der Waals surface area contributed by atoms with Crippen molar-refractivity contribution in [3.63, 3.8) is 0 Å². The standard InChI is InChI=1S/C14H19NO4S/c1-2-15(12-7-4-3-5-8-12)13(16)11-20(19)10-6-9-14(17)18/h3-5,7-8H,2,6,9-11H2,1H3,(H,17,18). The molecule has 5 nitrogen and oxygen atoms in total. The first-order valence-corrected chi connectivity index (χ1v) is 7.95. The number of benzene rings is 1. The molecule has 6 heteroatoms. The van der Waals surface area contributed by atoms with Crippen LogP contribution in [0.1, 0.15) is 19.8 Å². The highest BCUT2D eigenvalue weighted by molar-refractivity contribution is 7.85. The molecule has 1 atom stereocenters. The summed E-state index contributed by atoms with van der Waals surface area (Å²) in [4.78, 5) is 24.0. The third-order valence-corrected chi connectivity index (χ3v) is 4.05. The van der Waals surface area contributed by atoms with Gasteiger partial charge in [-0.2, -0.15) is 0 Å². The van der Waals surface area contributed by atoms with Crippen LogP contribution < -0.4 is 4.90 Å². The predicted molar refractivity (Wildman–Crippen MR) is 79.2 cm³/mol. The second-order valence-electron chi connectivity index (χ2n) is 4.26. The fourth-order valence-electron chi connectivity index (χ4n) is 1.78. The maximum absolute atomic E-state index is 12.1. The Hall–Kier alpha value is -1.69. The molecular formula is C14H19NO4S. The smallest absolute Gasteiger partial charge is 0.303 e. The zero-order valence-corrected chi connectivity index (χ0v) is 12.3. The van der Waals surface area contributed by atoms with Crippen molar-refractivity contribution in [3.05, 3.63) is 30.3 Å². The van der Waals surface area contributed by atoms with Crippen molar-refractivity contribution in [1.82, 2.24) is 0 Å². The number of anilines is 1. The van der Waals surface area contributed by atoms with Crippen LogP contribution in [0, 0.1) is 0 Å². The van der Waals surface area contributed by atoms with Crippen LogP contribution in [0.25, 0.3) is 0 Å². The number of para-hydroxylation sites is 1. The molecule has 1 amide bonds. The van der Waals surface area contributed by atoms with E-state index >= 15 is 0 Å². The second-order valence-corrected chi connectivity index (χ2v) is 5.84. The number of carboxylic acid groups (broad SMARTS) is 1. The normalized spacial score (nSPS) is 11.8. The molecule has 1 rings (SSSR count). The topological polar surface area (TPSA) is 74.7 Å². The van der Waals surface area contributed by atoms with Gasteiger partial charge in [-0.25, -0.2) is 0 Å². The zero-order valence-electron chi connectivity index (χ0n) is 11.4. The first-order chi connectivity index (χ1) is 9.54. The lowest BCUT2D eigenvalue weighted by Gasteiger charge is -2.20. The van der Waals surface area contributed by atoms with Crippen LogP contribution in [-0.2, 0) is 20.4 Å². The lowest BCUT2D eigenvalue weighted by atomic mass is 10.3. The van der Waals surface area contributed by atoms with Gasteiger partial charge in [0.1, 0.15) is 5.75 Å². The minimum Gasteiger partial charge on any atom is -0.481 e. The van der Waals surface area contributed by atoms with E-state index in [4.69, 9.17) is 5.11 Å². The van der Waals surface area contributed by atoms with Crippen LogP contribution in [0.5, 0.6) is 0 Å². The van der Waals surface area contributed by atoms with Crippen LogP contribution in [-0.4, -0.2) is 39.2 Å². The Morgan fingerprint density at radius 1 is 1.25 bits per heavy atom. The van der Waals surface area contributed by atoms with Crippen molar-refractivity contribution < 1.29 is 18.9 Å². The Bertz CT molecular complexity index is 475. The molecule has 0 spiro atoms. The van der Waals surface area contributed by atoms with Gasteiger partial charge in [-0.3, -0.25) is 13.8 Å². The molecule has 0 fully saturated rings. The van der Waals surface area contributed by atoms with Crippen molar-refractivity contribution in [1.29, 1.82) is 0 Å². The Morgan fingerprint density at radius 3 is 2.45 bits per heavy atom. The van der Waals surface area contributed by atoms with Crippen LogP contribution in [0.4, 0.5) is 5.69 Å². The number of amides is 1. The fourth-order valence-corrected chi connectivity index (χ4v) is 2.82. The van der Waals surface area contributed by atoms with Gasteiger partial charge in [0, 0.05) is 35.2 Å². The third-order valence-electron chi connectivity index (χ3n) is 2.73. The van der Waals surface area contributed by atoms with Crippen LogP contribution in [0.15, 0.2) is 30.3 Å². The van der Waals surface area contributed by atoms with Gasteiger partial charge in [-0.15, -0.1) is 0 Å².